The Morgan fingerprint density at radius 3 is 3.05 bits per heavy atom. The van der Waals surface area contributed by atoms with Crippen LogP contribution < -0.4 is 11.0 Å². The van der Waals surface area contributed by atoms with Crippen molar-refractivity contribution >= 4 is 23.5 Å². The van der Waals surface area contributed by atoms with E-state index < -0.39 is 4.92 Å². The summed E-state index contributed by atoms with van der Waals surface area (Å²) in [5.41, 5.74) is 2.46. The topological polar surface area (TPSA) is 131 Å². The highest BCUT2D eigenvalue weighted by atomic mass is 16.6. The first-order valence-electron chi connectivity index (χ1n) is 6.11. The maximum atomic E-state index is 11.7. The number of nitrogens with one attached hydrogen (secondary N) is 2. The second-order valence-electron chi connectivity index (χ2n) is 4.19. The Bertz CT molecular complexity index is 928. The minimum Gasteiger partial charge on any atom is -0.278 e. The van der Waals surface area contributed by atoms with Crippen molar-refractivity contribution in [1.29, 1.82) is 0 Å². The molecule has 0 radical (unpaired) electrons. The highest BCUT2D eigenvalue weighted by Crippen LogP contribution is 2.15. The molecule has 2 aromatic heterocycles. The summed E-state index contributed by atoms with van der Waals surface area (Å²) in [5, 5.41) is 17.3. The fourth-order valence-electron chi connectivity index (χ4n) is 1.81. The number of H-pyrrole nitrogens is 1. The Hall–Kier alpha value is -3.56. The third-order valence-electron chi connectivity index (χ3n) is 2.78. The molecule has 0 bridgehead atoms. The van der Waals surface area contributed by atoms with Crippen LogP contribution in [0.4, 0.5) is 11.5 Å². The molecule has 0 aliphatic carbocycles. The number of nitro benzene ring substituents is 1. The third-order valence-corrected chi connectivity index (χ3v) is 2.78. The first-order valence-corrected chi connectivity index (χ1v) is 6.11. The molecule has 110 valence electrons. The van der Waals surface area contributed by atoms with E-state index in [-0.39, 0.29) is 22.8 Å². The van der Waals surface area contributed by atoms with Crippen LogP contribution in [-0.4, -0.2) is 30.7 Å². The van der Waals surface area contributed by atoms with E-state index in [0.29, 0.717) is 5.56 Å². The standard InChI is InChI=1S/C12H9N7O3/c20-11-5-10(16-12-13-7-15-18(11)12)17-14-6-8-3-1-2-4-9(8)19(21)22/h1-7,17H,(H,13,15,16)/b14-6+. The molecule has 3 aromatic rings. The van der Waals surface area contributed by atoms with Gasteiger partial charge in [0.25, 0.3) is 17.0 Å². The summed E-state index contributed by atoms with van der Waals surface area (Å²) in [7, 11) is 0. The van der Waals surface area contributed by atoms with Crippen LogP contribution in [0.15, 0.2) is 46.6 Å². The van der Waals surface area contributed by atoms with Crippen molar-refractivity contribution in [2.45, 2.75) is 0 Å². The lowest BCUT2D eigenvalue weighted by Crippen LogP contribution is -2.15. The fraction of sp³-hybridized carbons (Fsp3) is 0. The van der Waals surface area contributed by atoms with Gasteiger partial charge in [0.15, 0.2) is 5.82 Å². The van der Waals surface area contributed by atoms with E-state index in [4.69, 9.17) is 0 Å². The highest BCUT2D eigenvalue weighted by molar-refractivity contribution is 5.85. The quantitative estimate of drug-likeness (QED) is 0.415. The average molecular weight is 299 g/mol. The van der Waals surface area contributed by atoms with Gasteiger partial charge < -0.3 is 0 Å². The number of hydrogen-bond acceptors (Lipinski definition) is 7. The largest absolute Gasteiger partial charge is 0.278 e. The van der Waals surface area contributed by atoms with Crippen molar-refractivity contribution in [2.75, 3.05) is 5.43 Å². The molecule has 2 heterocycles. The molecule has 1 aromatic carbocycles. The molecule has 10 heteroatoms. The maximum absolute atomic E-state index is 11.7. The molecule has 10 nitrogen and oxygen atoms in total. The van der Waals surface area contributed by atoms with Gasteiger partial charge in [-0.05, 0) is 6.07 Å². The second-order valence-corrected chi connectivity index (χ2v) is 4.19. The van der Waals surface area contributed by atoms with Gasteiger partial charge in [-0.15, -0.1) is 0 Å². The molecule has 0 atom stereocenters. The Morgan fingerprint density at radius 2 is 2.23 bits per heavy atom. The third kappa shape index (κ3) is 2.52. The van der Waals surface area contributed by atoms with Crippen molar-refractivity contribution in [3.8, 4) is 0 Å². The Kier molecular flexibility index (Phi) is 3.32. The molecule has 0 amide bonds. The predicted molar refractivity (Wildman–Crippen MR) is 77.9 cm³/mol. The normalized spacial score (nSPS) is 11.1. The summed E-state index contributed by atoms with van der Waals surface area (Å²) in [6.07, 6.45) is 2.62. The van der Waals surface area contributed by atoms with E-state index in [1.807, 2.05) is 0 Å². The van der Waals surface area contributed by atoms with E-state index in [2.05, 4.69) is 25.6 Å². The summed E-state index contributed by atoms with van der Waals surface area (Å²) >= 11 is 0. The van der Waals surface area contributed by atoms with Crippen LogP contribution >= 0.6 is 0 Å². The number of hydrogen-bond donors (Lipinski definition) is 2. The van der Waals surface area contributed by atoms with E-state index >= 15 is 0 Å². The average Bonchev–Trinajstić information content (AvgIpc) is 2.96. The Labute approximate surface area is 122 Å². The number of benzene rings is 1. The molecule has 0 saturated carbocycles. The number of nitro groups is 1. The molecule has 0 unspecified atom stereocenters. The minimum atomic E-state index is -0.498. The van der Waals surface area contributed by atoms with Gasteiger partial charge in [-0.2, -0.15) is 14.6 Å². The predicted octanol–water partition coefficient (Wildman–Crippen LogP) is 0.772. The van der Waals surface area contributed by atoms with E-state index in [1.54, 1.807) is 18.2 Å². The highest BCUT2D eigenvalue weighted by Gasteiger charge is 2.10. The number of anilines is 1. The molecule has 22 heavy (non-hydrogen) atoms. The lowest BCUT2D eigenvalue weighted by atomic mass is 10.2. The lowest BCUT2D eigenvalue weighted by Gasteiger charge is -1.99. The van der Waals surface area contributed by atoms with E-state index in [1.165, 1.54) is 24.7 Å². The van der Waals surface area contributed by atoms with E-state index in [9.17, 15) is 14.9 Å². The molecular formula is C12H9N7O3. The number of para-hydroxylation sites is 1. The van der Waals surface area contributed by atoms with Gasteiger partial charge >= 0.3 is 0 Å². The molecule has 0 fully saturated rings. The van der Waals surface area contributed by atoms with Crippen molar-refractivity contribution in [2.24, 2.45) is 5.10 Å². The van der Waals surface area contributed by atoms with Gasteiger partial charge in [-0.3, -0.25) is 25.4 Å². The molecule has 0 aliphatic heterocycles. The summed E-state index contributed by atoms with van der Waals surface area (Å²) in [6, 6.07) is 7.39. The SMILES string of the molecule is O=c1cc(N/N=C/c2ccccc2[N+](=O)[O-])nc2nc[nH]n12. The molecular weight excluding hydrogens is 290 g/mol. The van der Waals surface area contributed by atoms with Crippen LogP contribution in [0.5, 0.6) is 0 Å². The van der Waals surface area contributed by atoms with Crippen LogP contribution in [0.2, 0.25) is 0 Å². The van der Waals surface area contributed by atoms with Gasteiger partial charge in [0.1, 0.15) is 6.33 Å². The van der Waals surface area contributed by atoms with Crippen LogP contribution in [0.25, 0.3) is 5.78 Å². The van der Waals surface area contributed by atoms with Crippen LogP contribution in [0.3, 0.4) is 0 Å². The second kappa shape index (κ2) is 5.44. The Morgan fingerprint density at radius 1 is 1.41 bits per heavy atom. The van der Waals surface area contributed by atoms with Crippen molar-refractivity contribution in [3.05, 3.63) is 62.7 Å². The fourth-order valence-corrected chi connectivity index (χ4v) is 1.81. The van der Waals surface area contributed by atoms with Crippen molar-refractivity contribution in [1.82, 2.24) is 19.6 Å². The monoisotopic (exact) mass is 299 g/mol. The summed E-state index contributed by atoms with van der Waals surface area (Å²) in [4.78, 5) is 30.0. The van der Waals surface area contributed by atoms with Gasteiger partial charge in [-0.1, -0.05) is 12.1 Å². The molecule has 0 aliphatic rings. The number of rotatable bonds is 4. The molecule has 3 rings (SSSR count). The number of fused-ring (bicyclic) bond motifs is 1. The minimum absolute atomic E-state index is 0.0659. The van der Waals surface area contributed by atoms with Gasteiger partial charge in [0, 0.05) is 12.1 Å². The summed E-state index contributed by atoms with van der Waals surface area (Å²) in [5.74, 6) is 0.378. The number of hydrazone groups is 1. The summed E-state index contributed by atoms with van der Waals surface area (Å²) < 4.78 is 1.16. The Balaban J connectivity index is 1.85. The first-order chi connectivity index (χ1) is 10.6. The van der Waals surface area contributed by atoms with Gasteiger partial charge in [-0.25, -0.2) is 4.98 Å². The number of aromatic amines is 1. The molecule has 0 spiro atoms. The lowest BCUT2D eigenvalue weighted by molar-refractivity contribution is -0.385. The number of aromatic nitrogens is 4. The van der Waals surface area contributed by atoms with Crippen LogP contribution in [0.1, 0.15) is 5.56 Å². The molecule has 2 N–H and O–H groups in total. The maximum Gasteiger partial charge on any atom is 0.278 e. The van der Waals surface area contributed by atoms with Gasteiger partial charge in [0.2, 0.25) is 0 Å². The van der Waals surface area contributed by atoms with Gasteiger partial charge in [0.05, 0.1) is 16.7 Å². The smallest absolute Gasteiger partial charge is 0.278 e. The van der Waals surface area contributed by atoms with E-state index in [0.717, 1.165) is 4.52 Å². The van der Waals surface area contributed by atoms with Crippen LogP contribution in [0, 0.1) is 10.1 Å². The summed E-state index contributed by atoms with van der Waals surface area (Å²) in [6.45, 7) is 0. The molecule has 0 saturated heterocycles. The zero-order chi connectivity index (χ0) is 15.5. The first kappa shape index (κ1) is 13.4. The number of nitrogens with zero attached hydrogens (tertiary/aromatic N) is 5. The zero-order valence-electron chi connectivity index (χ0n) is 11.0. The van der Waals surface area contributed by atoms with Crippen molar-refractivity contribution < 1.29 is 4.92 Å². The van der Waals surface area contributed by atoms with Crippen molar-refractivity contribution in [3.63, 3.8) is 0 Å². The zero-order valence-corrected chi connectivity index (χ0v) is 11.0. The van der Waals surface area contributed by atoms with Crippen LogP contribution in [-0.2, 0) is 0 Å².